The summed E-state index contributed by atoms with van der Waals surface area (Å²) >= 11 is 0. The van der Waals surface area contributed by atoms with Gasteiger partial charge < -0.3 is 9.73 Å². The molecule has 0 bridgehead atoms. The van der Waals surface area contributed by atoms with E-state index in [0.29, 0.717) is 12.3 Å². The van der Waals surface area contributed by atoms with Gasteiger partial charge in [0.2, 0.25) is 0 Å². The third-order valence-corrected chi connectivity index (χ3v) is 3.76. The van der Waals surface area contributed by atoms with Crippen LogP contribution in [0, 0.1) is 0 Å². The summed E-state index contributed by atoms with van der Waals surface area (Å²) in [6.07, 6.45) is 4.76. The summed E-state index contributed by atoms with van der Waals surface area (Å²) in [5.74, 6) is 0.417. The summed E-state index contributed by atoms with van der Waals surface area (Å²) in [5, 5.41) is 11.1. The zero-order valence-electron chi connectivity index (χ0n) is 13.7. The molecular weight excluding hydrogens is 330 g/mol. The minimum absolute atomic E-state index is 0.258. The van der Waals surface area contributed by atoms with Gasteiger partial charge in [-0.1, -0.05) is 24.3 Å². The van der Waals surface area contributed by atoms with Crippen molar-refractivity contribution in [3.8, 4) is 17.1 Å². The van der Waals surface area contributed by atoms with E-state index in [9.17, 15) is 4.79 Å². The summed E-state index contributed by atoms with van der Waals surface area (Å²) in [6, 6.07) is 16.8. The monoisotopic (exact) mass is 345 g/mol. The first-order valence-electron chi connectivity index (χ1n) is 8.04. The van der Waals surface area contributed by atoms with E-state index < -0.39 is 0 Å². The maximum atomic E-state index is 12.3. The lowest BCUT2D eigenvalue weighted by atomic mass is 10.2. The Bertz CT molecular complexity index is 992. The molecule has 26 heavy (non-hydrogen) atoms. The van der Waals surface area contributed by atoms with Gasteiger partial charge in [0.1, 0.15) is 5.69 Å². The Balaban J connectivity index is 1.39. The lowest BCUT2D eigenvalue weighted by molar-refractivity contribution is 0.0945. The first-order valence-corrected chi connectivity index (χ1v) is 8.04. The minimum atomic E-state index is -0.290. The maximum Gasteiger partial charge on any atom is 0.273 e. The van der Waals surface area contributed by atoms with Crippen LogP contribution in [0.2, 0.25) is 0 Å². The van der Waals surface area contributed by atoms with E-state index in [1.54, 1.807) is 12.5 Å². The van der Waals surface area contributed by atoms with E-state index in [1.165, 1.54) is 11.0 Å². The largest absolute Gasteiger partial charge is 0.463 e. The molecule has 3 aromatic heterocycles. The van der Waals surface area contributed by atoms with Gasteiger partial charge in [0, 0.05) is 12.7 Å². The number of benzene rings is 1. The van der Waals surface area contributed by atoms with Crippen molar-refractivity contribution in [2.75, 3.05) is 0 Å². The van der Waals surface area contributed by atoms with Gasteiger partial charge in [-0.15, -0.1) is 5.10 Å². The molecule has 1 N–H and O–H groups in total. The van der Waals surface area contributed by atoms with Crippen molar-refractivity contribution in [1.29, 1.82) is 0 Å². The number of nitrogens with one attached hydrogen (secondary N) is 1. The van der Waals surface area contributed by atoms with Crippen molar-refractivity contribution in [2.45, 2.75) is 6.54 Å². The molecule has 0 radical (unpaired) electrons. The fraction of sp³-hybridized carbons (Fsp3) is 0.0526. The zero-order chi connectivity index (χ0) is 17.8. The third-order valence-electron chi connectivity index (χ3n) is 3.76. The van der Waals surface area contributed by atoms with E-state index >= 15 is 0 Å². The van der Waals surface area contributed by atoms with Crippen molar-refractivity contribution in [3.63, 3.8) is 0 Å². The highest BCUT2D eigenvalue weighted by Crippen LogP contribution is 2.17. The number of aromatic nitrogens is 4. The average Bonchev–Trinajstić information content (AvgIpc) is 3.39. The summed E-state index contributed by atoms with van der Waals surface area (Å²) < 4.78 is 5.30. The van der Waals surface area contributed by atoms with Crippen LogP contribution in [-0.2, 0) is 6.54 Å². The number of carbonyl (C=O) groups excluding carboxylic acids is 1. The van der Waals surface area contributed by atoms with E-state index in [1.807, 2.05) is 54.6 Å². The quantitative estimate of drug-likeness (QED) is 0.601. The van der Waals surface area contributed by atoms with Gasteiger partial charge in [-0.05, 0) is 35.9 Å². The number of carbonyl (C=O) groups is 1. The van der Waals surface area contributed by atoms with Crippen molar-refractivity contribution in [3.05, 3.63) is 84.5 Å². The number of hydrogen-bond acceptors (Lipinski definition) is 5. The van der Waals surface area contributed by atoms with Gasteiger partial charge in [-0.3, -0.25) is 9.78 Å². The summed E-state index contributed by atoms with van der Waals surface area (Å²) in [4.78, 5) is 18.0. The van der Waals surface area contributed by atoms with Crippen LogP contribution in [0.15, 0.2) is 77.7 Å². The number of para-hydroxylation sites is 1. The van der Waals surface area contributed by atoms with Gasteiger partial charge in [0.15, 0.2) is 11.5 Å². The van der Waals surface area contributed by atoms with Crippen molar-refractivity contribution >= 4 is 5.91 Å². The molecule has 0 aliphatic rings. The van der Waals surface area contributed by atoms with Gasteiger partial charge in [0.05, 0.1) is 18.1 Å². The van der Waals surface area contributed by atoms with Gasteiger partial charge >= 0.3 is 0 Å². The van der Waals surface area contributed by atoms with Crippen LogP contribution >= 0.6 is 0 Å². The molecule has 0 saturated carbocycles. The number of hydrogen-bond donors (Lipinski definition) is 1. The molecule has 0 spiro atoms. The number of furan rings is 1. The fourth-order valence-corrected chi connectivity index (χ4v) is 2.42. The first kappa shape index (κ1) is 15.8. The van der Waals surface area contributed by atoms with E-state index in [-0.39, 0.29) is 11.6 Å². The number of amides is 1. The molecule has 1 aromatic carbocycles. The van der Waals surface area contributed by atoms with Gasteiger partial charge in [-0.2, -0.15) is 9.90 Å². The normalized spacial score (nSPS) is 10.6. The third kappa shape index (κ3) is 3.36. The molecule has 7 heteroatoms. The second-order valence-corrected chi connectivity index (χ2v) is 5.57. The van der Waals surface area contributed by atoms with Crippen LogP contribution < -0.4 is 5.32 Å². The van der Waals surface area contributed by atoms with Gasteiger partial charge in [-0.25, -0.2) is 0 Å². The van der Waals surface area contributed by atoms with Crippen LogP contribution in [0.3, 0.4) is 0 Å². The molecule has 4 aromatic rings. The maximum absolute atomic E-state index is 12.3. The molecule has 7 nitrogen and oxygen atoms in total. The molecular formula is C19H15N5O2. The number of rotatable bonds is 5. The molecule has 1 amide bonds. The predicted octanol–water partition coefficient (Wildman–Crippen LogP) is 2.85. The second kappa shape index (κ2) is 7.02. The molecule has 0 fully saturated rings. The smallest absolute Gasteiger partial charge is 0.273 e. The van der Waals surface area contributed by atoms with E-state index in [4.69, 9.17) is 4.42 Å². The number of pyridine rings is 1. The molecule has 0 unspecified atom stereocenters. The summed E-state index contributed by atoms with van der Waals surface area (Å²) in [6.45, 7) is 0.350. The Kier molecular flexibility index (Phi) is 4.26. The first-order chi connectivity index (χ1) is 12.8. The summed E-state index contributed by atoms with van der Waals surface area (Å²) in [5.41, 5.74) is 2.68. The SMILES string of the molecule is O=C(NCc1ccc(-c2ccco2)nc1)c1cnn(-c2ccccc2)n1. The molecule has 4 rings (SSSR count). The van der Waals surface area contributed by atoms with Crippen molar-refractivity contribution in [1.82, 2.24) is 25.3 Å². The number of nitrogens with zero attached hydrogens (tertiary/aromatic N) is 4. The van der Waals surface area contributed by atoms with Crippen LogP contribution in [0.4, 0.5) is 0 Å². The molecule has 128 valence electrons. The average molecular weight is 345 g/mol. The van der Waals surface area contributed by atoms with Crippen molar-refractivity contribution < 1.29 is 9.21 Å². The Morgan fingerprint density at radius 2 is 1.92 bits per heavy atom. The minimum Gasteiger partial charge on any atom is -0.463 e. The highest BCUT2D eigenvalue weighted by Gasteiger charge is 2.11. The Morgan fingerprint density at radius 1 is 1.04 bits per heavy atom. The molecule has 3 heterocycles. The second-order valence-electron chi connectivity index (χ2n) is 5.57. The Labute approximate surface area is 149 Å². The highest BCUT2D eigenvalue weighted by atomic mass is 16.3. The highest BCUT2D eigenvalue weighted by molar-refractivity contribution is 5.91. The zero-order valence-corrected chi connectivity index (χ0v) is 13.7. The predicted molar refractivity (Wildman–Crippen MR) is 94.5 cm³/mol. The summed E-state index contributed by atoms with van der Waals surface area (Å²) in [7, 11) is 0. The lowest BCUT2D eigenvalue weighted by Gasteiger charge is -2.04. The molecule has 0 aliphatic heterocycles. The van der Waals surface area contributed by atoms with Crippen LogP contribution in [-0.4, -0.2) is 25.9 Å². The van der Waals surface area contributed by atoms with Crippen LogP contribution in [0.5, 0.6) is 0 Å². The van der Waals surface area contributed by atoms with E-state index in [2.05, 4.69) is 20.5 Å². The topological polar surface area (TPSA) is 85.8 Å². The molecule has 0 saturated heterocycles. The molecule has 0 aliphatic carbocycles. The van der Waals surface area contributed by atoms with Gasteiger partial charge in [0.25, 0.3) is 5.91 Å². The standard InChI is InChI=1S/C19H15N5O2/c25-19(17-13-22-24(23-17)15-5-2-1-3-6-15)21-12-14-8-9-16(20-11-14)18-7-4-10-26-18/h1-11,13H,12H2,(H,21,25). The Hall–Kier alpha value is -3.74. The lowest BCUT2D eigenvalue weighted by Crippen LogP contribution is -2.23. The van der Waals surface area contributed by atoms with E-state index in [0.717, 1.165) is 16.9 Å². The fourth-order valence-electron chi connectivity index (χ4n) is 2.42. The Morgan fingerprint density at radius 3 is 2.65 bits per heavy atom. The van der Waals surface area contributed by atoms with Crippen molar-refractivity contribution in [2.24, 2.45) is 0 Å². The molecule has 0 atom stereocenters. The van der Waals surface area contributed by atoms with Crippen LogP contribution in [0.25, 0.3) is 17.1 Å². The van der Waals surface area contributed by atoms with Crippen LogP contribution in [0.1, 0.15) is 16.1 Å².